The Kier molecular flexibility index (Phi) is 3.43. The van der Waals surface area contributed by atoms with E-state index < -0.39 is 0 Å². The average Bonchev–Trinajstić information content (AvgIpc) is 2.68. The summed E-state index contributed by atoms with van der Waals surface area (Å²) in [6.45, 7) is 0.610. The molecule has 1 aliphatic rings. The third-order valence-electron chi connectivity index (χ3n) is 2.96. The van der Waals surface area contributed by atoms with Crippen LogP contribution in [0.3, 0.4) is 0 Å². The zero-order valence-corrected chi connectivity index (χ0v) is 9.28. The highest BCUT2D eigenvalue weighted by Gasteiger charge is 2.21. The van der Waals surface area contributed by atoms with Gasteiger partial charge in [-0.3, -0.25) is 0 Å². The Balaban J connectivity index is 2.03. The molecule has 0 spiro atoms. The summed E-state index contributed by atoms with van der Waals surface area (Å²) in [7, 11) is 0. The van der Waals surface area contributed by atoms with Crippen molar-refractivity contribution in [2.45, 2.75) is 31.7 Å². The van der Waals surface area contributed by atoms with Crippen LogP contribution in [0.15, 0.2) is 18.2 Å². The molecule has 2 rings (SSSR count). The molecule has 3 nitrogen and oxygen atoms in total. The van der Waals surface area contributed by atoms with Crippen LogP contribution in [0.4, 0.5) is 0 Å². The molecule has 1 unspecified atom stereocenters. The van der Waals surface area contributed by atoms with Crippen LogP contribution in [0.5, 0.6) is 5.75 Å². The topological polar surface area (TPSA) is 59.0 Å². The quantitative estimate of drug-likeness (QED) is 0.786. The van der Waals surface area contributed by atoms with Crippen molar-refractivity contribution in [2.24, 2.45) is 5.73 Å². The van der Waals surface area contributed by atoms with Crippen LogP contribution in [0, 0.1) is 11.3 Å². The minimum atomic E-state index is 0.164. The van der Waals surface area contributed by atoms with Crippen LogP contribution in [0.1, 0.15) is 36.4 Å². The molecule has 0 fully saturated rings. The number of nitrogens with two attached hydrogens (primary N) is 1. The fourth-order valence-electron chi connectivity index (χ4n) is 2.12. The Labute approximate surface area is 95.8 Å². The second-order valence-electron chi connectivity index (χ2n) is 4.08. The van der Waals surface area contributed by atoms with E-state index >= 15 is 0 Å². The number of hydrogen-bond donors (Lipinski definition) is 1. The highest BCUT2D eigenvalue weighted by atomic mass is 16.5. The lowest BCUT2D eigenvalue weighted by atomic mass is 10.1. The highest BCUT2D eigenvalue weighted by Crippen LogP contribution is 2.35. The van der Waals surface area contributed by atoms with Gasteiger partial charge in [-0.15, -0.1) is 0 Å². The molecule has 3 heteroatoms. The lowest BCUT2D eigenvalue weighted by Crippen LogP contribution is -2.05. The van der Waals surface area contributed by atoms with Crippen LogP contribution in [-0.4, -0.2) is 6.61 Å². The first kappa shape index (κ1) is 11.0. The van der Waals surface area contributed by atoms with E-state index in [0.29, 0.717) is 13.0 Å². The van der Waals surface area contributed by atoms with Crippen LogP contribution < -0.4 is 10.5 Å². The third-order valence-corrected chi connectivity index (χ3v) is 2.96. The lowest BCUT2D eigenvalue weighted by Gasteiger charge is -2.10. The molecule has 2 N–H and O–H groups in total. The molecule has 0 heterocycles. The van der Waals surface area contributed by atoms with E-state index in [-0.39, 0.29) is 6.04 Å². The number of fused-ring (bicyclic) bond motifs is 1. The zero-order valence-electron chi connectivity index (χ0n) is 9.28. The number of nitriles is 1. The predicted molar refractivity (Wildman–Crippen MR) is 62.0 cm³/mol. The van der Waals surface area contributed by atoms with Crippen molar-refractivity contribution in [3.63, 3.8) is 0 Å². The van der Waals surface area contributed by atoms with Crippen molar-refractivity contribution >= 4 is 0 Å². The Morgan fingerprint density at radius 2 is 2.38 bits per heavy atom. The second kappa shape index (κ2) is 5.00. The van der Waals surface area contributed by atoms with Crippen LogP contribution in [0.25, 0.3) is 0 Å². The first-order valence-corrected chi connectivity index (χ1v) is 5.70. The van der Waals surface area contributed by atoms with Crippen LogP contribution >= 0.6 is 0 Å². The fourth-order valence-corrected chi connectivity index (χ4v) is 2.12. The SMILES string of the molecule is N#CCCCOc1cccc2c1CCC2N. The van der Waals surface area contributed by atoms with Gasteiger partial charge in [-0.1, -0.05) is 12.1 Å². The van der Waals surface area contributed by atoms with Gasteiger partial charge in [0.1, 0.15) is 5.75 Å². The minimum absolute atomic E-state index is 0.164. The Morgan fingerprint density at radius 1 is 1.50 bits per heavy atom. The van der Waals surface area contributed by atoms with Gasteiger partial charge in [0.15, 0.2) is 0 Å². The highest BCUT2D eigenvalue weighted by molar-refractivity contribution is 5.44. The molecule has 0 aliphatic heterocycles. The number of unbranched alkanes of at least 4 members (excludes halogenated alkanes) is 1. The molecule has 1 aliphatic carbocycles. The third kappa shape index (κ3) is 2.17. The second-order valence-corrected chi connectivity index (χ2v) is 4.08. The van der Waals surface area contributed by atoms with Gasteiger partial charge in [0, 0.05) is 12.5 Å². The first-order chi connectivity index (χ1) is 7.83. The predicted octanol–water partition coefficient (Wildman–Crippen LogP) is 2.32. The Hall–Kier alpha value is -1.53. The van der Waals surface area contributed by atoms with E-state index in [1.54, 1.807) is 0 Å². The summed E-state index contributed by atoms with van der Waals surface area (Å²) in [5.41, 5.74) is 8.47. The van der Waals surface area contributed by atoms with E-state index in [1.807, 2.05) is 12.1 Å². The van der Waals surface area contributed by atoms with Crippen molar-refractivity contribution in [1.29, 1.82) is 5.26 Å². The van der Waals surface area contributed by atoms with E-state index in [1.165, 1.54) is 11.1 Å². The Bertz CT molecular complexity index is 409. The van der Waals surface area contributed by atoms with Gasteiger partial charge in [0.2, 0.25) is 0 Å². The molecule has 0 radical (unpaired) electrons. The number of rotatable bonds is 4. The number of benzene rings is 1. The molecule has 16 heavy (non-hydrogen) atoms. The Morgan fingerprint density at radius 3 is 3.19 bits per heavy atom. The maximum absolute atomic E-state index is 8.43. The van der Waals surface area contributed by atoms with Crippen molar-refractivity contribution in [3.8, 4) is 11.8 Å². The van der Waals surface area contributed by atoms with E-state index in [9.17, 15) is 0 Å². The summed E-state index contributed by atoms with van der Waals surface area (Å²) in [6, 6.07) is 8.34. The molecule has 0 aromatic heterocycles. The van der Waals surface area contributed by atoms with Gasteiger partial charge in [0.05, 0.1) is 12.7 Å². The normalized spacial score (nSPS) is 17.9. The van der Waals surface area contributed by atoms with Gasteiger partial charge in [-0.25, -0.2) is 0 Å². The van der Waals surface area contributed by atoms with Crippen molar-refractivity contribution < 1.29 is 4.74 Å². The number of nitrogens with zero attached hydrogens (tertiary/aromatic N) is 1. The zero-order chi connectivity index (χ0) is 11.4. The minimum Gasteiger partial charge on any atom is -0.493 e. The van der Waals surface area contributed by atoms with Gasteiger partial charge in [0.25, 0.3) is 0 Å². The van der Waals surface area contributed by atoms with E-state index in [0.717, 1.165) is 25.0 Å². The number of hydrogen-bond acceptors (Lipinski definition) is 3. The summed E-state index contributed by atoms with van der Waals surface area (Å²) in [5.74, 6) is 0.948. The molecule has 0 saturated carbocycles. The summed E-state index contributed by atoms with van der Waals surface area (Å²) in [6.07, 6.45) is 3.35. The molecule has 0 saturated heterocycles. The van der Waals surface area contributed by atoms with Crippen LogP contribution in [0.2, 0.25) is 0 Å². The van der Waals surface area contributed by atoms with Crippen molar-refractivity contribution in [2.75, 3.05) is 6.61 Å². The van der Waals surface area contributed by atoms with Gasteiger partial charge in [-0.05, 0) is 36.5 Å². The van der Waals surface area contributed by atoms with Crippen LogP contribution in [-0.2, 0) is 6.42 Å². The molecule has 1 aromatic carbocycles. The largest absolute Gasteiger partial charge is 0.493 e. The first-order valence-electron chi connectivity index (χ1n) is 5.70. The van der Waals surface area contributed by atoms with E-state index in [4.69, 9.17) is 15.7 Å². The molecule has 1 aromatic rings. The maximum Gasteiger partial charge on any atom is 0.122 e. The summed E-state index contributed by atoms with van der Waals surface area (Å²) >= 11 is 0. The van der Waals surface area contributed by atoms with Crippen molar-refractivity contribution in [1.82, 2.24) is 0 Å². The summed E-state index contributed by atoms with van der Waals surface area (Å²) in [4.78, 5) is 0. The van der Waals surface area contributed by atoms with Gasteiger partial charge < -0.3 is 10.5 Å². The molecular formula is C13H16N2O. The summed E-state index contributed by atoms with van der Waals surface area (Å²) in [5, 5.41) is 8.43. The fraction of sp³-hybridized carbons (Fsp3) is 0.462. The van der Waals surface area contributed by atoms with E-state index in [2.05, 4.69) is 12.1 Å². The maximum atomic E-state index is 8.43. The molecule has 0 amide bonds. The molecule has 1 atom stereocenters. The van der Waals surface area contributed by atoms with Gasteiger partial charge >= 0.3 is 0 Å². The smallest absolute Gasteiger partial charge is 0.122 e. The standard InChI is InChI=1S/C13H16N2O/c14-8-1-2-9-16-13-5-3-4-10-11(13)6-7-12(10)15/h3-5,12H,1-2,6-7,9,15H2. The molecule has 84 valence electrons. The summed E-state index contributed by atoms with van der Waals surface area (Å²) < 4.78 is 5.69. The number of ether oxygens (including phenoxy) is 1. The molecular weight excluding hydrogens is 200 g/mol. The monoisotopic (exact) mass is 216 g/mol. The average molecular weight is 216 g/mol. The lowest BCUT2D eigenvalue weighted by molar-refractivity contribution is 0.310. The van der Waals surface area contributed by atoms with Gasteiger partial charge in [-0.2, -0.15) is 5.26 Å². The van der Waals surface area contributed by atoms with Crippen molar-refractivity contribution in [3.05, 3.63) is 29.3 Å². The molecule has 0 bridgehead atoms.